The van der Waals surface area contributed by atoms with E-state index < -0.39 is 0 Å². The van der Waals surface area contributed by atoms with E-state index in [0.29, 0.717) is 13.1 Å². The average Bonchev–Trinajstić information content (AvgIpc) is 2.27. The third-order valence-corrected chi connectivity index (χ3v) is 3.28. The molecule has 0 spiro atoms. The van der Waals surface area contributed by atoms with Crippen LogP contribution in [-0.4, -0.2) is 34.9 Å². The van der Waals surface area contributed by atoms with Crippen molar-refractivity contribution in [1.82, 2.24) is 10.0 Å². The Kier molecular flexibility index (Phi) is 5.63. The fraction of sp³-hybridized carbons (Fsp3) is 0.857. The molecule has 1 saturated heterocycles. The van der Waals surface area contributed by atoms with E-state index in [0.717, 1.165) is 25.7 Å². The van der Waals surface area contributed by atoms with Gasteiger partial charge < -0.3 is 0 Å². The van der Waals surface area contributed by atoms with Crippen LogP contribution in [0, 0.1) is 11.8 Å². The Balaban J connectivity index is 2.88. The summed E-state index contributed by atoms with van der Waals surface area (Å²) in [6.45, 7) is 8.90. The van der Waals surface area contributed by atoms with E-state index in [1.54, 1.807) is 10.0 Å². The Hall–Kier alpha value is -1.06. The molecule has 0 aliphatic carbocycles. The van der Waals surface area contributed by atoms with Gasteiger partial charge in [-0.1, -0.05) is 40.5 Å². The molecule has 0 radical (unpaired) electrons. The van der Waals surface area contributed by atoms with Crippen LogP contribution >= 0.6 is 0 Å². The van der Waals surface area contributed by atoms with Crippen LogP contribution in [0.3, 0.4) is 0 Å². The molecule has 0 atom stereocenters. The Morgan fingerprint density at radius 1 is 0.722 bits per heavy atom. The van der Waals surface area contributed by atoms with Crippen molar-refractivity contribution in [3.8, 4) is 0 Å². The summed E-state index contributed by atoms with van der Waals surface area (Å²) in [7, 11) is 0. The van der Waals surface area contributed by atoms with E-state index in [1.165, 1.54) is 0 Å². The van der Waals surface area contributed by atoms with E-state index in [9.17, 15) is 9.59 Å². The van der Waals surface area contributed by atoms with Gasteiger partial charge in [-0.05, 0) is 12.8 Å². The molecule has 0 N–H and O–H groups in total. The van der Waals surface area contributed by atoms with E-state index in [2.05, 4.69) is 0 Å². The summed E-state index contributed by atoms with van der Waals surface area (Å²) in [4.78, 5) is 24.5. The third kappa shape index (κ3) is 3.72. The van der Waals surface area contributed by atoms with Gasteiger partial charge in [0.15, 0.2) is 0 Å². The third-order valence-electron chi connectivity index (χ3n) is 3.28. The van der Waals surface area contributed by atoms with Gasteiger partial charge in [0.1, 0.15) is 0 Å². The molecule has 0 aromatic carbocycles. The summed E-state index contributed by atoms with van der Waals surface area (Å²) in [5, 5.41) is 3.37. The van der Waals surface area contributed by atoms with Crippen LogP contribution in [-0.2, 0) is 9.59 Å². The maximum Gasteiger partial charge on any atom is 0.243 e. The molecule has 0 saturated carbocycles. The van der Waals surface area contributed by atoms with Gasteiger partial charge in [0.25, 0.3) is 0 Å². The molecule has 104 valence electrons. The maximum atomic E-state index is 12.2. The quantitative estimate of drug-likeness (QED) is 0.759. The fourth-order valence-corrected chi connectivity index (χ4v) is 2.17. The number of amides is 2. The van der Waals surface area contributed by atoms with Crippen LogP contribution < -0.4 is 0 Å². The highest BCUT2D eigenvalue weighted by molar-refractivity contribution is 5.84. The number of hydrazine groups is 1. The molecule has 0 aromatic heterocycles. The maximum absolute atomic E-state index is 12.2. The van der Waals surface area contributed by atoms with Gasteiger partial charge in [0, 0.05) is 24.9 Å². The molecule has 2 amide bonds. The van der Waals surface area contributed by atoms with Crippen LogP contribution in [0.2, 0.25) is 0 Å². The van der Waals surface area contributed by atoms with E-state index in [1.807, 2.05) is 27.7 Å². The molecule has 0 bridgehead atoms. The smallest absolute Gasteiger partial charge is 0.243 e. The number of hydrogen-bond acceptors (Lipinski definition) is 2. The van der Waals surface area contributed by atoms with E-state index in [-0.39, 0.29) is 23.7 Å². The molecular formula is C14H26N2O2. The van der Waals surface area contributed by atoms with Gasteiger partial charge in [-0.3, -0.25) is 19.6 Å². The monoisotopic (exact) mass is 254 g/mol. The molecule has 1 rings (SSSR count). The molecule has 0 aromatic rings. The number of hydrogen-bond donors (Lipinski definition) is 0. The minimum atomic E-state index is -0.0631. The fourth-order valence-electron chi connectivity index (χ4n) is 2.17. The van der Waals surface area contributed by atoms with Gasteiger partial charge in [-0.25, -0.2) is 0 Å². The first-order valence-electron chi connectivity index (χ1n) is 7.07. The van der Waals surface area contributed by atoms with Crippen LogP contribution in [0.1, 0.15) is 53.4 Å². The minimum absolute atomic E-state index is 0.0610. The molecule has 18 heavy (non-hydrogen) atoms. The van der Waals surface area contributed by atoms with Gasteiger partial charge in [0.05, 0.1) is 0 Å². The van der Waals surface area contributed by atoms with Crippen molar-refractivity contribution in [3.63, 3.8) is 0 Å². The molecule has 0 unspecified atom stereocenters. The summed E-state index contributed by atoms with van der Waals surface area (Å²) in [5.74, 6) is -0.00409. The van der Waals surface area contributed by atoms with Crippen molar-refractivity contribution in [2.24, 2.45) is 11.8 Å². The largest absolute Gasteiger partial charge is 0.273 e. The first kappa shape index (κ1) is 15.0. The summed E-state index contributed by atoms with van der Waals surface area (Å²) in [6, 6.07) is 0. The van der Waals surface area contributed by atoms with Crippen molar-refractivity contribution in [2.75, 3.05) is 13.1 Å². The second-order valence-corrected chi connectivity index (χ2v) is 5.65. The topological polar surface area (TPSA) is 40.6 Å². The number of carbonyl (C=O) groups is 2. The standard InChI is InChI=1S/C14H26N2O2/c1-11(2)13(17)15-9-7-5-6-8-10-16(15)14(18)12(3)4/h11-12H,5-10H2,1-4H3. The second kappa shape index (κ2) is 6.76. The molecule has 4 heteroatoms. The van der Waals surface area contributed by atoms with Gasteiger partial charge in [-0.15, -0.1) is 0 Å². The summed E-state index contributed by atoms with van der Waals surface area (Å²) in [5.41, 5.74) is 0. The lowest BCUT2D eigenvalue weighted by Gasteiger charge is -2.38. The average molecular weight is 254 g/mol. The molecule has 1 aliphatic rings. The number of carbonyl (C=O) groups excluding carboxylic acids is 2. The molecule has 1 heterocycles. The van der Waals surface area contributed by atoms with Gasteiger partial charge >= 0.3 is 0 Å². The van der Waals surface area contributed by atoms with Crippen molar-refractivity contribution in [1.29, 1.82) is 0 Å². The van der Waals surface area contributed by atoms with Crippen LogP contribution in [0.25, 0.3) is 0 Å². The lowest BCUT2D eigenvalue weighted by Crippen LogP contribution is -2.53. The van der Waals surface area contributed by atoms with Crippen molar-refractivity contribution >= 4 is 11.8 Å². The molecular weight excluding hydrogens is 228 g/mol. The summed E-state index contributed by atoms with van der Waals surface area (Å²) >= 11 is 0. The normalized spacial score (nSPS) is 17.9. The number of nitrogens with zero attached hydrogens (tertiary/aromatic N) is 2. The first-order chi connectivity index (χ1) is 8.45. The zero-order valence-electron chi connectivity index (χ0n) is 12.1. The van der Waals surface area contributed by atoms with Crippen LogP contribution in [0.4, 0.5) is 0 Å². The SMILES string of the molecule is CC(C)C(=O)N1CCCCCCN1C(=O)C(C)C. The van der Waals surface area contributed by atoms with E-state index >= 15 is 0 Å². The lowest BCUT2D eigenvalue weighted by molar-refractivity contribution is -0.169. The Morgan fingerprint density at radius 3 is 1.33 bits per heavy atom. The van der Waals surface area contributed by atoms with Crippen LogP contribution in [0.15, 0.2) is 0 Å². The van der Waals surface area contributed by atoms with Crippen molar-refractivity contribution in [3.05, 3.63) is 0 Å². The molecule has 4 nitrogen and oxygen atoms in total. The number of rotatable bonds is 2. The molecule has 1 fully saturated rings. The van der Waals surface area contributed by atoms with Gasteiger partial charge in [0.2, 0.25) is 11.8 Å². The second-order valence-electron chi connectivity index (χ2n) is 5.65. The lowest BCUT2D eigenvalue weighted by atomic mass is 10.1. The van der Waals surface area contributed by atoms with Crippen molar-refractivity contribution < 1.29 is 9.59 Å². The zero-order valence-corrected chi connectivity index (χ0v) is 12.1. The highest BCUT2D eigenvalue weighted by atomic mass is 16.2. The van der Waals surface area contributed by atoms with Crippen molar-refractivity contribution in [2.45, 2.75) is 53.4 Å². The first-order valence-corrected chi connectivity index (χ1v) is 7.07. The Bertz CT molecular complexity index is 270. The summed E-state index contributed by atoms with van der Waals surface area (Å²) < 4.78 is 0. The van der Waals surface area contributed by atoms with Gasteiger partial charge in [-0.2, -0.15) is 0 Å². The zero-order chi connectivity index (χ0) is 13.7. The highest BCUT2D eigenvalue weighted by Gasteiger charge is 2.29. The molecule has 1 aliphatic heterocycles. The Labute approximate surface area is 110 Å². The minimum Gasteiger partial charge on any atom is -0.273 e. The predicted octanol–water partition coefficient (Wildman–Crippen LogP) is 2.44. The highest BCUT2D eigenvalue weighted by Crippen LogP contribution is 2.16. The Morgan fingerprint density at radius 2 is 1.06 bits per heavy atom. The predicted molar refractivity (Wildman–Crippen MR) is 71.6 cm³/mol. The van der Waals surface area contributed by atoms with E-state index in [4.69, 9.17) is 0 Å². The summed E-state index contributed by atoms with van der Waals surface area (Å²) in [6.07, 6.45) is 4.26. The van der Waals surface area contributed by atoms with Crippen LogP contribution in [0.5, 0.6) is 0 Å².